The van der Waals surface area contributed by atoms with E-state index in [0.29, 0.717) is 11.6 Å². The number of nitrogens with two attached hydrogens (primary N) is 1. The van der Waals surface area contributed by atoms with Crippen molar-refractivity contribution in [2.45, 2.75) is 32.2 Å². The molecule has 18 heavy (non-hydrogen) atoms. The standard InChI is InChI=1S/C12H19N5O/c1-9(12(18)17-7-3-2-4-8-17)16-11-10(13)14-5-6-15-11/h5-6,9H,2-4,7-8H2,1H3,(H2,13,14)(H,15,16). The maximum Gasteiger partial charge on any atom is 0.244 e. The lowest BCUT2D eigenvalue weighted by Crippen LogP contribution is -2.44. The van der Waals surface area contributed by atoms with Gasteiger partial charge in [-0.15, -0.1) is 0 Å². The topological polar surface area (TPSA) is 84.1 Å². The summed E-state index contributed by atoms with van der Waals surface area (Å²) in [5, 5.41) is 3.02. The second-order valence-electron chi connectivity index (χ2n) is 4.54. The van der Waals surface area contributed by atoms with E-state index < -0.39 is 0 Å². The quantitative estimate of drug-likeness (QED) is 0.830. The average molecular weight is 249 g/mol. The molecular weight excluding hydrogens is 230 g/mol. The second-order valence-corrected chi connectivity index (χ2v) is 4.54. The molecule has 1 saturated heterocycles. The zero-order chi connectivity index (χ0) is 13.0. The monoisotopic (exact) mass is 249 g/mol. The maximum atomic E-state index is 12.2. The van der Waals surface area contributed by atoms with Crippen molar-refractivity contribution in [3.8, 4) is 0 Å². The van der Waals surface area contributed by atoms with Gasteiger partial charge in [0.2, 0.25) is 5.91 Å². The predicted molar refractivity (Wildman–Crippen MR) is 70.0 cm³/mol. The molecule has 0 aromatic carbocycles. The third-order valence-electron chi connectivity index (χ3n) is 3.12. The van der Waals surface area contributed by atoms with Gasteiger partial charge >= 0.3 is 0 Å². The number of rotatable bonds is 3. The lowest BCUT2D eigenvalue weighted by atomic mass is 10.1. The first-order chi connectivity index (χ1) is 8.68. The summed E-state index contributed by atoms with van der Waals surface area (Å²) < 4.78 is 0. The predicted octanol–water partition coefficient (Wildman–Crippen LogP) is 0.872. The number of nitrogens with zero attached hydrogens (tertiary/aromatic N) is 3. The summed E-state index contributed by atoms with van der Waals surface area (Å²) in [7, 11) is 0. The lowest BCUT2D eigenvalue weighted by Gasteiger charge is -2.29. The maximum absolute atomic E-state index is 12.2. The molecule has 6 heteroatoms. The zero-order valence-corrected chi connectivity index (χ0v) is 10.6. The van der Waals surface area contributed by atoms with E-state index >= 15 is 0 Å². The summed E-state index contributed by atoms with van der Waals surface area (Å²) in [5.41, 5.74) is 5.69. The Hall–Kier alpha value is -1.85. The number of piperidine rings is 1. The van der Waals surface area contributed by atoms with Gasteiger partial charge in [-0.05, 0) is 26.2 Å². The summed E-state index contributed by atoms with van der Waals surface area (Å²) in [6, 6.07) is -0.331. The number of carbonyl (C=O) groups excluding carboxylic acids is 1. The number of hydrogen-bond donors (Lipinski definition) is 2. The highest BCUT2D eigenvalue weighted by Crippen LogP contribution is 2.14. The molecule has 0 bridgehead atoms. The van der Waals surface area contributed by atoms with Crippen molar-refractivity contribution >= 4 is 17.5 Å². The van der Waals surface area contributed by atoms with Crippen LogP contribution in [0.15, 0.2) is 12.4 Å². The number of aromatic nitrogens is 2. The number of hydrogen-bond acceptors (Lipinski definition) is 5. The molecule has 0 radical (unpaired) electrons. The first-order valence-corrected chi connectivity index (χ1v) is 6.30. The van der Waals surface area contributed by atoms with Crippen LogP contribution in [0.25, 0.3) is 0 Å². The molecule has 1 aliphatic rings. The fourth-order valence-electron chi connectivity index (χ4n) is 2.11. The summed E-state index contributed by atoms with van der Waals surface area (Å²) in [4.78, 5) is 22.1. The Labute approximate surface area is 107 Å². The number of likely N-dealkylation sites (tertiary alicyclic amines) is 1. The van der Waals surface area contributed by atoms with E-state index in [-0.39, 0.29) is 11.9 Å². The fraction of sp³-hybridized carbons (Fsp3) is 0.583. The molecule has 1 aromatic rings. The van der Waals surface area contributed by atoms with Crippen molar-refractivity contribution in [1.29, 1.82) is 0 Å². The highest BCUT2D eigenvalue weighted by molar-refractivity contribution is 5.84. The number of nitrogen functional groups attached to an aromatic ring is 1. The normalized spacial score (nSPS) is 17.3. The first-order valence-electron chi connectivity index (χ1n) is 6.30. The molecule has 2 heterocycles. The molecule has 1 fully saturated rings. The van der Waals surface area contributed by atoms with Crippen LogP contribution in [0.1, 0.15) is 26.2 Å². The molecule has 98 valence electrons. The van der Waals surface area contributed by atoms with E-state index in [2.05, 4.69) is 15.3 Å². The summed E-state index contributed by atoms with van der Waals surface area (Å²) >= 11 is 0. The van der Waals surface area contributed by atoms with Gasteiger partial charge in [0.25, 0.3) is 0 Å². The van der Waals surface area contributed by atoms with Crippen molar-refractivity contribution in [3.05, 3.63) is 12.4 Å². The summed E-state index contributed by atoms with van der Waals surface area (Å²) in [5.74, 6) is 0.880. The third-order valence-corrected chi connectivity index (χ3v) is 3.12. The van der Waals surface area contributed by atoms with Crippen LogP contribution in [0.3, 0.4) is 0 Å². The third kappa shape index (κ3) is 2.88. The molecule has 0 saturated carbocycles. The number of nitrogens with one attached hydrogen (secondary N) is 1. The number of carbonyl (C=O) groups is 1. The minimum atomic E-state index is -0.331. The molecule has 6 nitrogen and oxygen atoms in total. The number of anilines is 2. The van der Waals surface area contributed by atoms with E-state index in [4.69, 9.17) is 5.73 Å². The molecule has 1 amide bonds. The minimum Gasteiger partial charge on any atom is -0.381 e. The Balaban J connectivity index is 1.96. The van der Waals surface area contributed by atoms with Crippen molar-refractivity contribution in [1.82, 2.24) is 14.9 Å². The van der Waals surface area contributed by atoms with Gasteiger partial charge in [0, 0.05) is 25.5 Å². The number of amides is 1. The summed E-state index contributed by atoms with van der Waals surface area (Å²) in [6.07, 6.45) is 6.47. The average Bonchev–Trinajstić information content (AvgIpc) is 2.41. The molecule has 2 rings (SSSR count). The Morgan fingerprint density at radius 2 is 2.00 bits per heavy atom. The lowest BCUT2D eigenvalue weighted by molar-refractivity contribution is -0.132. The molecular formula is C12H19N5O. The molecule has 0 spiro atoms. The van der Waals surface area contributed by atoms with Gasteiger partial charge in [-0.2, -0.15) is 0 Å². The van der Waals surface area contributed by atoms with Gasteiger partial charge in [0.15, 0.2) is 11.6 Å². The fourth-order valence-corrected chi connectivity index (χ4v) is 2.11. The first kappa shape index (κ1) is 12.6. The van der Waals surface area contributed by atoms with Crippen LogP contribution < -0.4 is 11.1 Å². The second kappa shape index (κ2) is 5.66. The Morgan fingerprint density at radius 1 is 1.33 bits per heavy atom. The Kier molecular flexibility index (Phi) is 3.96. The molecule has 1 unspecified atom stereocenters. The van der Waals surface area contributed by atoms with E-state index in [9.17, 15) is 4.79 Å². The minimum absolute atomic E-state index is 0.0970. The van der Waals surface area contributed by atoms with Gasteiger partial charge in [0.05, 0.1) is 0 Å². The van der Waals surface area contributed by atoms with Crippen LogP contribution in [-0.2, 0) is 4.79 Å². The molecule has 0 aliphatic carbocycles. The van der Waals surface area contributed by atoms with Gasteiger partial charge in [0.1, 0.15) is 6.04 Å². The van der Waals surface area contributed by atoms with Crippen LogP contribution in [0.4, 0.5) is 11.6 Å². The molecule has 1 aromatic heterocycles. The Morgan fingerprint density at radius 3 is 2.67 bits per heavy atom. The van der Waals surface area contributed by atoms with Gasteiger partial charge in [-0.25, -0.2) is 9.97 Å². The molecule has 1 aliphatic heterocycles. The molecule has 3 N–H and O–H groups in total. The van der Waals surface area contributed by atoms with Crippen molar-refractivity contribution < 1.29 is 4.79 Å². The van der Waals surface area contributed by atoms with Gasteiger partial charge in [-0.1, -0.05) is 0 Å². The van der Waals surface area contributed by atoms with Crippen LogP contribution >= 0.6 is 0 Å². The van der Waals surface area contributed by atoms with Gasteiger partial charge < -0.3 is 16.0 Å². The van der Waals surface area contributed by atoms with E-state index in [1.165, 1.54) is 12.6 Å². The Bertz CT molecular complexity index is 417. The highest BCUT2D eigenvalue weighted by atomic mass is 16.2. The van der Waals surface area contributed by atoms with Crippen LogP contribution in [0.2, 0.25) is 0 Å². The highest BCUT2D eigenvalue weighted by Gasteiger charge is 2.22. The van der Waals surface area contributed by atoms with Crippen molar-refractivity contribution in [3.63, 3.8) is 0 Å². The van der Waals surface area contributed by atoms with E-state index in [1.54, 1.807) is 6.20 Å². The summed E-state index contributed by atoms with van der Waals surface area (Å²) in [6.45, 7) is 3.52. The van der Waals surface area contributed by atoms with Crippen molar-refractivity contribution in [2.24, 2.45) is 0 Å². The van der Waals surface area contributed by atoms with Crippen molar-refractivity contribution in [2.75, 3.05) is 24.1 Å². The van der Waals surface area contributed by atoms with Crippen LogP contribution in [-0.4, -0.2) is 39.9 Å². The smallest absolute Gasteiger partial charge is 0.244 e. The van der Waals surface area contributed by atoms with Crippen LogP contribution in [0.5, 0.6) is 0 Å². The SMILES string of the molecule is CC(Nc1nccnc1N)C(=O)N1CCCCC1. The zero-order valence-electron chi connectivity index (χ0n) is 10.6. The largest absolute Gasteiger partial charge is 0.381 e. The van der Waals surface area contributed by atoms with E-state index in [0.717, 1.165) is 25.9 Å². The molecule has 1 atom stereocenters. The van der Waals surface area contributed by atoms with Crippen LogP contribution in [0, 0.1) is 0 Å². The van der Waals surface area contributed by atoms with E-state index in [1.807, 2.05) is 11.8 Å². The van der Waals surface area contributed by atoms with Gasteiger partial charge in [-0.3, -0.25) is 4.79 Å².